The van der Waals surface area contributed by atoms with Crippen LogP contribution in [0.4, 0.5) is 0 Å². The lowest BCUT2D eigenvalue weighted by molar-refractivity contribution is -0.239. The Morgan fingerprint density at radius 2 is 1.19 bits per heavy atom. The summed E-state index contributed by atoms with van der Waals surface area (Å²) in [6.45, 7) is 12.0. The van der Waals surface area contributed by atoms with E-state index in [1.165, 1.54) is 45.0 Å². The van der Waals surface area contributed by atoms with Gasteiger partial charge in [0.1, 0.15) is 23.4 Å². The zero-order chi connectivity index (χ0) is 43.3. The zero-order valence-electron chi connectivity index (χ0n) is 34.5. The largest absolute Gasteiger partial charge is 0.461 e. The molecule has 2 bridgehead atoms. The van der Waals surface area contributed by atoms with Gasteiger partial charge in [-0.05, 0) is 58.0 Å². The molecule has 59 heavy (non-hydrogen) atoms. The molecule has 1 saturated heterocycles. The molecular weight excluding hydrogens is 768 g/mol. The lowest BCUT2D eigenvalue weighted by Crippen LogP contribution is -2.64. The van der Waals surface area contributed by atoms with Crippen LogP contribution in [0.25, 0.3) is 0 Å². The van der Waals surface area contributed by atoms with Crippen LogP contribution in [0.5, 0.6) is 0 Å². The lowest BCUT2D eigenvalue weighted by Gasteiger charge is -2.53. The Morgan fingerprint density at radius 1 is 0.644 bits per heavy atom. The van der Waals surface area contributed by atoms with E-state index < -0.39 is 118 Å². The first-order chi connectivity index (χ1) is 27.6. The van der Waals surface area contributed by atoms with E-state index >= 15 is 0 Å². The zero-order valence-corrected chi connectivity index (χ0v) is 34.5. The van der Waals surface area contributed by atoms with E-state index in [1.54, 1.807) is 69.3 Å². The van der Waals surface area contributed by atoms with Gasteiger partial charge in [0, 0.05) is 52.9 Å². The van der Waals surface area contributed by atoms with Crippen molar-refractivity contribution in [1.29, 1.82) is 0 Å². The van der Waals surface area contributed by atoms with Crippen molar-refractivity contribution in [3.05, 3.63) is 83.9 Å². The number of fused-ring (bicyclic) bond motifs is 1. The van der Waals surface area contributed by atoms with Crippen molar-refractivity contribution >= 4 is 41.8 Å². The molecule has 4 aliphatic rings. The Balaban J connectivity index is 1.73. The summed E-state index contributed by atoms with van der Waals surface area (Å²) in [6, 6.07) is 16.0. The van der Waals surface area contributed by atoms with E-state index in [1.807, 2.05) is 0 Å². The number of hydrogen-bond acceptors (Lipinski definition) is 15. The molecule has 1 aliphatic heterocycles. The standard InChI is InChI=1S/C44H50O15/c1-24(45)53-32-21-20-31(40(6,7)57-27(4)48)34-42(9)39(56-37(50)29-16-12-10-13-17-29)44(58-28(5)49)22-41(8,59-38(51)30-18-14-11-15-19-30)35(54-25(2)46)33(44)36(55-26(3)47)43(32,34)23-52-42/h10-21,31-36,39H,22-23H2,1-9H3. The minimum Gasteiger partial charge on any atom is -0.461 e. The van der Waals surface area contributed by atoms with Crippen LogP contribution in [-0.4, -0.2) is 95.2 Å². The van der Waals surface area contributed by atoms with E-state index in [9.17, 15) is 33.6 Å². The summed E-state index contributed by atoms with van der Waals surface area (Å²) >= 11 is 0. The first kappa shape index (κ1) is 43.0. The second kappa shape index (κ2) is 15.6. The summed E-state index contributed by atoms with van der Waals surface area (Å²) in [6.07, 6.45) is -3.29. The third-order valence-corrected chi connectivity index (χ3v) is 12.1. The fraction of sp³-hybridized carbons (Fsp3) is 0.523. The predicted molar refractivity (Wildman–Crippen MR) is 204 cm³/mol. The van der Waals surface area contributed by atoms with Gasteiger partial charge in [0.15, 0.2) is 23.4 Å². The average molecular weight is 819 g/mol. The highest BCUT2D eigenvalue weighted by atomic mass is 16.6. The molecule has 3 fully saturated rings. The Morgan fingerprint density at radius 3 is 1.71 bits per heavy atom. The molecule has 316 valence electrons. The van der Waals surface area contributed by atoms with Crippen LogP contribution in [0.3, 0.4) is 0 Å². The van der Waals surface area contributed by atoms with Gasteiger partial charge in [-0.3, -0.25) is 24.0 Å². The van der Waals surface area contributed by atoms with Gasteiger partial charge in [-0.25, -0.2) is 9.59 Å². The smallest absolute Gasteiger partial charge is 0.338 e. The highest BCUT2D eigenvalue weighted by Crippen LogP contribution is 2.70. The number of carbonyl (C=O) groups is 7. The molecular formula is C44H50O15. The fourth-order valence-electron chi connectivity index (χ4n) is 10.5. The summed E-state index contributed by atoms with van der Waals surface area (Å²) in [5, 5.41) is 0. The maximum absolute atomic E-state index is 14.5. The van der Waals surface area contributed by atoms with Gasteiger partial charge in [0.25, 0.3) is 0 Å². The van der Waals surface area contributed by atoms with Crippen LogP contribution >= 0.6 is 0 Å². The monoisotopic (exact) mass is 818 g/mol. The second-order valence-corrected chi connectivity index (χ2v) is 16.7. The number of esters is 7. The van der Waals surface area contributed by atoms with Crippen molar-refractivity contribution in [3.8, 4) is 0 Å². The topological polar surface area (TPSA) is 193 Å². The molecule has 2 aromatic carbocycles. The highest BCUT2D eigenvalue weighted by Gasteiger charge is 2.85. The highest BCUT2D eigenvalue weighted by molar-refractivity contribution is 5.90. The average Bonchev–Trinajstić information content (AvgIpc) is 3.56. The molecule has 1 heterocycles. The van der Waals surface area contributed by atoms with Gasteiger partial charge >= 0.3 is 41.8 Å². The van der Waals surface area contributed by atoms with Crippen molar-refractivity contribution < 1.29 is 71.5 Å². The quantitative estimate of drug-likeness (QED) is 0.179. The number of hydrogen-bond donors (Lipinski definition) is 0. The molecule has 2 aromatic rings. The van der Waals surface area contributed by atoms with Crippen LogP contribution in [0.1, 0.15) is 89.5 Å². The van der Waals surface area contributed by atoms with Crippen LogP contribution in [-0.2, 0) is 61.9 Å². The van der Waals surface area contributed by atoms with Crippen molar-refractivity contribution in [2.45, 2.75) is 116 Å². The molecule has 0 spiro atoms. The lowest BCUT2D eigenvalue weighted by atomic mass is 9.53. The third kappa shape index (κ3) is 7.49. The van der Waals surface area contributed by atoms with E-state index in [-0.39, 0.29) is 17.7 Å². The molecule has 15 heteroatoms. The van der Waals surface area contributed by atoms with E-state index in [4.69, 9.17) is 37.9 Å². The normalized spacial score (nSPS) is 34.2. The number of carbonyl (C=O) groups excluding carboxylic acids is 7. The SMILES string of the molecule is CC(=O)OC1C2C(OC(C)=O)C34COC(C)(C(OC(=O)c5ccccc5)C2(OC(C)=O)CC1(C)OC(=O)c1ccccc1)C3C(C(C)(C)OC(C)=O)C=CC4OC(C)=O. The van der Waals surface area contributed by atoms with Crippen molar-refractivity contribution in [2.24, 2.45) is 23.2 Å². The van der Waals surface area contributed by atoms with Gasteiger partial charge in [-0.2, -0.15) is 0 Å². The Labute approximate surface area is 341 Å². The molecule has 2 saturated carbocycles. The number of rotatable bonds is 10. The Bertz CT molecular complexity index is 2050. The Hall–Kier alpha value is -5.57. The third-order valence-electron chi connectivity index (χ3n) is 12.1. The second-order valence-electron chi connectivity index (χ2n) is 16.7. The molecule has 0 radical (unpaired) electrons. The maximum Gasteiger partial charge on any atom is 0.338 e. The summed E-state index contributed by atoms with van der Waals surface area (Å²) < 4.78 is 50.8. The van der Waals surface area contributed by atoms with E-state index in [2.05, 4.69) is 0 Å². The van der Waals surface area contributed by atoms with Crippen LogP contribution in [0, 0.1) is 23.2 Å². The van der Waals surface area contributed by atoms with Crippen LogP contribution in [0.15, 0.2) is 72.8 Å². The van der Waals surface area contributed by atoms with Crippen LogP contribution < -0.4 is 0 Å². The van der Waals surface area contributed by atoms with Crippen molar-refractivity contribution in [2.75, 3.05) is 6.61 Å². The summed E-state index contributed by atoms with van der Waals surface area (Å²) in [4.78, 5) is 94.7. The first-order valence-corrected chi connectivity index (χ1v) is 19.4. The summed E-state index contributed by atoms with van der Waals surface area (Å²) in [7, 11) is 0. The minimum atomic E-state index is -2.20. The van der Waals surface area contributed by atoms with Crippen LogP contribution in [0.2, 0.25) is 0 Å². The van der Waals surface area contributed by atoms with E-state index in [0.717, 1.165) is 20.8 Å². The van der Waals surface area contributed by atoms with Crippen molar-refractivity contribution in [1.82, 2.24) is 0 Å². The molecule has 6 rings (SSSR count). The van der Waals surface area contributed by atoms with E-state index in [0.29, 0.717) is 0 Å². The molecule has 0 amide bonds. The summed E-state index contributed by atoms with van der Waals surface area (Å²) in [5.41, 5.74) is -8.67. The predicted octanol–water partition coefficient (Wildman–Crippen LogP) is 4.88. The maximum atomic E-state index is 14.5. The van der Waals surface area contributed by atoms with Gasteiger partial charge < -0.3 is 37.9 Å². The van der Waals surface area contributed by atoms with Gasteiger partial charge in [-0.15, -0.1) is 0 Å². The fourth-order valence-corrected chi connectivity index (χ4v) is 10.5. The molecule has 3 aliphatic carbocycles. The van der Waals surface area contributed by atoms with Gasteiger partial charge in [-0.1, -0.05) is 42.5 Å². The number of benzene rings is 2. The Kier molecular flexibility index (Phi) is 11.3. The van der Waals surface area contributed by atoms with Crippen molar-refractivity contribution in [3.63, 3.8) is 0 Å². The molecule has 11 atom stereocenters. The molecule has 0 N–H and O–H groups in total. The first-order valence-electron chi connectivity index (χ1n) is 19.4. The van der Waals surface area contributed by atoms with Gasteiger partial charge in [0.05, 0.1) is 29.1 Å². The minimum absolute atomic E-state index is 0.113. The molecule has 11 unspecified atom stereocenters. The molecule has 15 nitrogen and oxygen atoms in total. The molecule has 0 aromatic heterocycles. The van der Waals surface area contributed by atoms with Gasteiger partial charge in [0.2, 0.25) is 0 Å². The summed E-state index contributed by atoms with van der Waals surface area (Å²) in [5.74, 6) is -9.01. The number of ether oxygens (including phenoxy) is 8.